The number of carbonyl (C=O) groups is 2. The fourth-order valence-corrected chi connectivity index (χ4v) is 5.96. The molecule has 7 rings (SSSR count). The van der Waals surface area contributed by atoms with Gasteiger partial charge in [0.05, 0.1) is 30.1 Å². The molecule has 1 N–H and O–H groups in total. The maximum atomic E-state index is 13.5. The molecule has 2 spiro atoms. The van der Waals surface area contributed by atoms with Gasteiger partial charge in [0.2, 0.25) is 5.91 Å². The third-order valence-electron chi connectivity index (χ3n) is 8.35. The van der Waals surface area contributed by atoms with Crippen molar-refractivity contribution in [2.24, 2.45) is 11.3 Å². The summed E-state index contributed by atoms with van der Waals surface area (Å²) in [4.78, 5) is 42.2. The van der Waals surface area contributed by atoms with Crippen LogP contribution < -0.4 is 4.74 Å². The van der Waals surface area contributed by atoms with Crippen LogP contribution in [0.5, 0.6) is 5.75 Å². The fraction of sp³-hybridized carbons (Fsp3) is 0.462. The Kier molecular flexibility index (Phi) is 4.14. The number of pyridine rings is 1. The second kappa shape index (κ2) is 7.04. The number of fused-ring (bicyclic) bond motifs is 2. The summed E-state index contributed by atoms with van der Waals surface area (Å²) in [7, 11) is 0. The van der Waals surface area contributed by atoms with E-state index in [1.165, 1.54) is 12.8 Å². The van der Waals surface area contributed by atoms with Crippen molar-refractivity contribution in [3.63, 3.8) is 0 Å². The Morgan fingerprint density at radius 1 is 1.06 bits per heavy atom. The Morgan fingerprint density at radius 2 is 1.88 bits per heavy atom. The quantitative estimate of drug-likeness (QED) is 0.638. The number of likely N-dealkylation sites (tertiary alicyclic amines) is 1. The number of nitrogens with one attached hydrogen (secondary N) is 1. The van der Waals surface area contributed by atoms with Crippen LogP contribution in [0.4, 0.5) is 0 Å². The van der Waals surface area contributed by atoms with Gasteiger partial charge in [-0.25, -0.2) is 4.98 Å². The standard InChI is InChI=1S/C26H27N5O3/c32-23(18-12-27-13-20-22(18)29-16-28-20)30-9-7-26(8-10-30)15-31(24(33)19-11-25(19)5-6-25)14-17-3-1-2-4-21(17)34-26/h1-4,12-13,16,19H,5-11,14-15H2,(H,28,29). The van der Waals surface area contributed by atoms with Gasteiger partial charge in [-0.2, -0.15) is 0 Å². The lowest BCUT2D eigenvalue weighted by atomic mass is 9.89. The molecule has 0 radical (unpaired) electrons. The number of ether oxygens (including phenoxy) is 1. The molecule has 8 heteroatoms. The van der Waals surface area contributed by atoms with Crippen LogP contribution in [0.1, 0.15) is 48.0 Å². The minimum Gasteiger partial charge on any atom is -0.485 e. The van der Waals surface area contributed by atoms with Crippen molar-refractivity contribution >= 4 is 22.8 Å². The number of piperidine rings is 1. The van der Waals surface area contributed by atoms with Gasteiger partial charge in [0.15, 0.2) is 0 Å². The number of benzene rings is 1. The number of H-pyrrole nitrogens is 1. The first-order valence-electron chi connectivity index (χ1n) is 12.2. The lowest BCUT2D eigenvalue weighted by Gasteiger charge is -2.42. The third kappa shape index (κ3) is 3.11. The fourth-order valence-electron chi connectivity index (χ4n) is 5.96. The zero-order valence-corrected chi connectivity index (χ0v) is 19.0. The van der Waals surface area contributed by atoms with Crippen LogP contribution in [-0.4, -0.2) is 61.8 Å². The average Bonchev–Trinajstić information content (AvgIpc) is 3.75. The van der Waals surface area contributed by atoms with Crippen LogP contribution in [0.3, 0.4) is 0 Å². The van der Waals surface area contributed by atoms with Crippen molar-refractivity contribution in [2.75, 3.05) is 19.6 Å². The maximum absolute atomic E-state index is 13.5. The second-order valence-electron chi connectivity index (χ2n) is 10.5. The zero-order chi connectivity index (χ0) is 22.9. The summed E-state index contributed by atoms with van der Waals surface area (Å²) in [5.74, 6) is 1.28. The SMILES string of the molecule is O=C(c1cncc2[nH]cnc12)N1CCC2(CC1)CN(C(=O)C1CC13CC3)Cc1ccccc1O2. The molecule has 34 heavy (non-hydrogen) atoms. The number of imidazole rings is 1. The lowest BCUT2D eigenvalue weighted by Crippen LogP contribution is -2.55. The third-order valence-corrected chi connectivity index (χ3v) is 8.35. The second-order valence-corrected chi connectivity index (χ2v) is 10.5. The number of aromatic amines is 1. The van der Waals surface area contributed by atoms with E-state index < -0.39 is 5.60 Å². The molecular formula is C26H27N5O3. The van der Waals surface area contributed by atoms with E-state index in [-0.39, 0.29) is 17.7 Å². The predicted molar refractivity (Wildman–Crippen MR) is 124 cm³/mol. The molecule has 4 heterocycles. The maximum Gasteiger partial charge on any atom is 0.257 e. The topological polar surface area (TPSA) is 91.4 Å². The molecule has 2 saturated carbocycles. The van der Waals surface area contributed by atoms with Gasteiger partial charge in [0.1, 0.15) is 16.9 Å². The van der Waals surface area contributed by atoms with E-state index in [1.807, 2.05) is 28.0 Å². The minimum atomic E-state index is -0.485. The van der Waals surface area contributed by atoms with Crippen molar-refractivity contribution < 1.29 is 14.3 Å². The first-order chi connectivity index (χ1) is 16.6. The lowest BCUT2D eigenvalue weighted by molar-refractivity contribution is -0.137. The Hall–Kier alpha value is -3.42. The first-order valence-corrected chi connectivity index (χ1v) is 12.2. The highest BCUT2D eigenvalue weighted by molar-refractivity contribution is 6.04. The number of para-hydroxylation sites is 1. The summed E-state index contributed by atoms with van der Waals surface area (Å²) in [6, 6.07) is 8.06. The summed E-state index contributed by atoms with van der Waals surface area (Å²) in [5, 5.41) is 0. The van der Waals surface area contributed by atoms with Gasteiger partial charge in [-0.15, -0.1) is 0 Å². The summed E-state index contributed by atoms with van der Waals surface area (Å²) in [5.41, 5.74) is 2.82. The number of carbonyl (C=O) groups excluding carboxylic acids is 2. The van der Waals surface area contributed by atoms with E-state index in [4.69, 9.17) is 4.74 Å². The van der Waals surface area contributed by atoms with Gasteiger partial charge in [-0.1, -0.05) is 18.2 Å². The highest BCUT2D eigenvalue weighted by Crippen LogP contribution is 2.71. The van der Waals surface area contributed by atoms with Gasteiger partial charge in [-0.05, 0) is 30.7 Å². The molecule has 3 fully saturated rings. The molecular weight excluding hydrogens is 430 g/mol. The molecule has 4 aliphatic rings. The number of amides is 2. The summed E-state index contributed by atoms with van der Waals surface area (Å²) in [6.45, 7) is 2.30. The highest BCUT2D eigenvalue weighted by Gasteiger charge is 2.66. The van der Waals surface area contributed by atoms with Crippen LogP contribution in [0, 0.1) is 11.3 Å². The molecule has 3 aromatic rings. The summed E-state index contributed by atoms with van der Waals surface area (Å²) >= 11 is 0. The Balaban J connectivity index is 1.13. The van der Waals surface area contributed by atoms with Gasteiger partial charge in [-0.3, -0.25) is 14.6 Å². The van der Waals surface area contributed by atoms with Crippen molar-refractivity contribution in [3.05, 3.63) is 54.1 Å². The molecule has 2 aliphatic heterocycles. The Bertz CT molecular complexity index is 1300. The van der Waals surface area contributed by atoms with Crippen LogP contribution >= 0.6 is 0 Å². The molecule has 2 aromatic heterocycles. The Labute approximate surface area is 197 Å². The molecule has 1 unspecified atom stereocenters. The molecule has 1 saturated heterocycles. The highest BCUT2D eigenvalue weighted by atomic mass is 16.5. The van der Waals surface area contributed by atoms with Crippen molar-refractivity contribution in [1.29, 1.82) is 0 Å². The summed E-state index contributed by atoms with van der Waals surface area (Å²) < 4.78 is 6.66. The number of rotatable bonds is 2. The van der Waals surface area contributed by atoms with Crippen LogP contribution in [-0.2, 0) is 11.3 Å². The van der Waals surface area contributed by atoms with E-state index >= 15 is 0 Å². The molecule has 1 atom stereocenters. The van der Waals surface area contributed by atoms with Crippen LogP contribution in [0.2, 0.25) is 0 Å². The van der Waals surface area contributed by atoms with Gasteiger partial charge in [0, 0.05) is 50.2 Å². The van der Waals surface area contributed by atoms with E-state index in [0.717, 1.165) is 23.3 Å². The molecule has 174 valence electrons. The largest absolute Gasteiger partial charge is 0.485 e. The first kappa shape index (κ1) is 20.0. The average molecular weight is 458 g/mol. The number of nitrogens with zero attached hydrogens (tertiary/aromatic N) is 4. The van der Waals surface area contributed by atoms with E-state index in [9.17, 15) is 9.59 Å². The number of hydrogen-bond acceptors (Lipinski definition) is 5. The van der Waals surface area contributed by atoms with E-state index in [2.05, 4.69) is 21.0 Å². The van der Waals surface area contributed by atoms with Crippen LogP contribution in [0.25, 0.3) is 11.0 Å². The van der Waals surface area contributed by atoms with Crippen molar-refractivity contribution in [1.82, 2.24) is 24.8 Å². The number of aromatic nitrogens is 3. The molecule has 1 aromatic carbocycles. The Morgan fingerprint density at radius 3 is 2.68 bits per heavy atom. The zero-order valence-electron chi connectivity index (χ0n) is 19.0. The van der Waals surface area contributed by atoms with Crippen LogP contribution in [0.15, 0.2) is 43.0 Å². The van der Waals surface area contributed by atoms with Gasteiger partial charge >= 0.3 is 0 Å². The van der Waals surface area contributed by atoms with Gasteiger partial charge in [0.25, 0.3) is 5.91 Å². The van der Waals surface area contributed by atoms with Gasteiger partial charge < -0.3 is 19.5 Å². The van der Waals surface area contributed by atoms with Crippen molar-refractivity contribution in [2.45, 2.75) is 44.2 Å². The molecule has 2 aliphatic carbocycles. The molecule has 8 nitrogen and oxygen atoms in total. The molecule has 0 bridgehead atoms. The van der Waals surface area contributed by atoms with Crippen molar-refractivity contribution in [3.8, 4) is 5.75 Å². The van der Waals surface area contributed by atoms with E-state index in [0.29, 0.717) is 55.5 Å². The normalized spacial score (nSPS) is 23.9. The number of hydrogen-bond donors (Lipinski definition) is 1. The monoisotopic (exact) mass is 457 g/mol. The van der Waals surface area contributed by atoms with E-state index in [1.54, 1.807) is 18.7 Å². The minimum absolute atomic E-state index is 0.0596. The summed E-state index contributed by atoms with van der Waals surface area (Å²) in [6.07, 6.45) is 9.66. The smallest absolute Gasteiger partial charge is 0.257 e. The molecule has 2 amide bonds. The predicted octanol–water partition coefficient (Wildman–Crippen LogP) is 3.15.